The van der Waals surface area contributed by atoms with E-state index in [1.807, 2.05) is 13.8 Å². The number of hydrogen-bond acceptors (Lipinski definition) is 2. The van der Waals surface area contributed by atoms with Crippen LogP contribution >= 0.6 is 23.2 Å². The first-order valence-electron chi connectivity index (χ1n) is 4.96. The third-order valence-electron chi connectivity index (χ3n) is 2.51. The van der Waals surface area contributed by atoms with Gasteiger partial charge in [0.2, 0.25) is 0 Å². The van der Waals surface area contributed by atoms with Crippen LogP contribution in [0.3, 0.4) is 0 Å². The minimum absolute atomic E-state index is 0.472. The zero-order chi connectivity index (χ0) is 12.6. The number of aromatic nitrogens is 2. The maximum Gasteiger partial charge on any atom is 0.101 e. The summed E-state index contributed by atoms with van der Waals surface area (Å²) >= 11 is 11.9. The summed E-state index contributed by atoms with van der Waals surface area (Å²) in [5.74, 6) is 0. The summed E-state index contributed by atoms with van der Waals surface area (Å²) in [4.78, 5) is 0. The highest BCUT2D eigenvalue weighted by molar-refractivity contribution is 6.32. The summed E-state index contributed by atoms with van der Waals surface area (Å²) in [7, 11) is 0. The van der Waals surface area contributed by atoms with E-state index in [2.05, 4.69) is 11.2 Å². The van der Waals surface area contributed by atoms with E-state index < -0.39 is 0 Å². The lowest BCUT2D eigenvalue weighted by Gasteiger charge is -2.06. The highest BCUT2D eigenvalue weighted by Gasteiger charge is 2.13. The fourth-order valence-electron chi connectivity index (χ4n) is 1.64. The van der Waals surface area contributed by atoms with Crippen molar-refractivity contribution in [1.29, 1.82) is 5.26 Å². The van der Waals surface area contributed by atoms with Gasteiger partial charge in [0.1, 0.15) is 6.07 Å². The Balaban J connectivity index is 2.69. The second-order valence-electron chi connectivity index (χ2n) is 3.67. The number of aryl methyl sites for hydroxylation is 1. The monoisotopic (exact) mass is 265 g/mol. The van der Waals surface area contributed by atoms with Crippen molar-refractivity contribution < 1.29 is 0 Å². The molecule has 0 fully saturated rings. The van der Waals surface area contributed by atoms with Gasteiger partial charge in [-0.2, -0.15) is 10.4 Å². The number of nitriles is 1. The Morgan fingerprint density at radius 3 is 2.53 bits per heavy atom. The predicted molar refractivity (Wildman–Crippen MR) is 67.8 cm³/mol. The van der Waals surface area contributed by atoms with E-state index in [0.717, 1.165) is 11.4 Å². The molecule has 17 heavy (non-hydrogen) atoms. The van der Waals surface area contributed by atoms with Crippen molar-refractivity contribution in [3.63, 3.8) is 0 Å². The van der Waals surface area contributed by atoms with Crippen LogP contribution in [0.5, 0.6) is 0 Å². The van der Waals surface area contributed by atoms with Gasteiger partial charge in [0.15, 0.2) is 0 Å². The van der Waals surface area contributed by atoms with Crippen molar-refractivity contribution in [2.75, 3.05) is 0 Å². The minimum atomic E-state index is 0.472. The van der Waals surface area contributed by atoms with Gasteiger partial charge in [-0.15, -0.1) is 0 Å². The van der Waals surface area contributed by atoms with Crippen molar-refractivity contribution in [1.82, 2.24) is 9.78 Å². The van der Waals surface area contributed by atoms with Gasteiger partial charge in [0, 0.05) is 5.02 Å². The molecule has 0 bridgehead atoms. The van der Waals surface area contributed by atoms with E-state index in [4.69, 9.17) is 28.5 Å². The second kappa shape index (κ2) is 4.40. The number of nitrogens with zero attached hydrogens (tertiary/aromatic N) is 3. The van der Waals surface area contributed by atoms with E-state index in [-0.39, 0.29) is 0 Å². The molecule has 2 rings (SSSR count). The van der Waals surface area contributed by atoms with Crippen molar-refractivity contribution in [2.24, 2.45) is 0 Å². The Kier molecular flexibility index (Phi) is 3.10. The molecule has 0 saturated carbocycles. The van der Waals surface area contributed by atoms with Gasteiger partial charge in [0.05, 0.1) is 27.7 Å². The van der Waals surface area contributed by atoms with Crippen molar-refractivity contribution >= 4 is 23.2 Å². The SMILES string of the molecule is Cc1nn(-c2ccc(Cl)cc2C#N)c(C)c1Cl. The molecule has 0 aliphatic carbocycles. The molecular formula is C12H9Cl2N3. The molecule has 1 aromatic heterocycles. The summed E-state index contributed by atoms with van der Waals surface area (Å²) in [5, 5.41) is 14.5. The average molecular weight is 266 g/mol. The van der Waals surface area contributed by atoms with Crippen LogP contribution in [0.25, 0.3) is 5.69 Å². The maximum absolute atomic E-state index is 9.09. The molecule has 3 nitrogen and oxygen atoms in total. The summed E-state index contributed by atoms with van der Waals surface area (Å²) in [6, 6.07) is 7.20. The Morgan fingerprint density at radius 1 is 1.29 bits per heavy atom. The fraction of sp³-hybridized carbons (Fsp3) is 0.167. The molecule has 0 radical (unpaired) electrons. The van der Waals surface area contributed by atoms with Crippen LogP contribution in [0.2, 0.25) is 10.0 Å². The maximum atomic E-state index is 9.09. The zero-order valence-corrected chi connectivity index (χ0v) is 10.8. The van der Waals surface area contributed by atoms with E-state index in [1.54, 1.807) is 22.9 Å². The molecule has 5 heteroatoms. The molecule has 1 aromatic carbocycles. The summed E-state index contributed by atoms with van der Waals surface area (Å²) in [6.45, 7) is 3.69. The summed E-state index contributed by atoms with van der Waals surface area (Å²) in [6.07, 6.45) is 0. The van der Waals surface area contributed by atoms with Crippen LogP contribution in [-0.2, 0) is 0 Å². The number of rotatable bonds is 1. The van der Waals surface area contributed by atoms with Gasteiger partial charge in [-0.1, -0.05) is 23.2 Å². The first kappa shape index (κ1) is 12.0. The first-order chi connectivity index (χ1) is 8.04. The second-order valence-corrected chi connectivity index (χ2v) is 4.48. The Bertz CT molecular complexity index is 623. The fourth-order valence-corrected chi connectivity index (χ4v) is 1.93. The van der Waals surface area contributed by atoms with Crippen LogP contribution in [0.15, 0.2) is 18.2 Å². The van der Waals surface area contributed by atoms with Gasteiger partial charge in [0.25, 0.3) is 0 Å². The lowest BCUT2D eigenvalue weighted by molar-refractivity contribution is 0.831. The van der Waals surface area contributed by atoms with Gasteiger partial charge >= 0.3 is 0 Å². The predicted octanol–water partition coefficient (Wildman–Crippen LogP) is 3.67. The van der Waals surface area contributed by atoms with Crippen LogP contribution in [0.1, 0.15) is 17.0 Å². The third kappa shape index (κ3) is 2.02. The van der Waals surface area contributed by atoms with Gasteiger partial charge in [-0.3, -0.25) is 0 Å². The molecule has 0 N–H and O–H groups in total. The minimum Gasteiger partial charge on any atom is -0.235 e. The van der Waals surface area contributed by atoms with E-state index in [1.165, 1.54) is 0 Å². The van der Waals surface area contributed by atoms with E-state index in [9.17, 15) is 0 Å². The van der Waals surface area contributed by atoms with Crippen molar-refractivity contribution in [2.45, 2.75) is 13.8 Å². The van der Waals surface area contributed by atoms with Crippen LogP contribution < -0.4 is 0 Å². The standard InChI is InChI=1S/C12H9Cl2N3/c1-7-12(14)8(2)17(16-7)11-4-3-10(13)5-9(11)6-15/h3-5H,1-2H3. The van der Waals surface area contributed by atoms with Crippen LogP contribution in [-0.4, -0.2) is 9.78 Å². The molecule has 0 saturated heterocycles. The molecule has 0 aliphatic rings. The normalized spacial score (nSPS) is 10.3. The smallest absolute Gasteiger partial charge is 0.101 e. The van der Waals surface area contributed by atoms with E-state index >= 15 is 0 Å². The lowest BCUT2D eigenvalue weighted by atomic mass is 10.2. The zero-order valence-electron chi connectivity index (χ0n) is 9.33. The highest BCUT2D eigenvalue weighted by atomic mass is 35.5. The van der Waals surface area contributed by atoms with E-state index in [0.29, 0.717) is 21.3 Å². The summed E-state index contributed by atoms with van der Waals surface area (Å²) in [5.41, 5.74) is 2.70. The molecule has 0 aliphatic heterocycles. The van der Waals surface area contributed by atoms with Gasteiger partial charge in [-0.25, -0.2) is 4.68 Å². The lowest BCUT2D eigenvalue weighted by Crippen LogP contribution is -2.01. The van der Waals surface area contributed by atoms with Gasteiger partial charge < -0.3 is 0 Å². The van der Waals surface area contributed by atoms with Crippen LogP contribution in [0, 0.1) is 25.2 Å². The number of benzene rings is 1. The van der Waals surface area contributed by atoms with Crippen LogP contribution in [0.4, 0.5) is 0 Å². The molecule has 0 spiro atoms. The molecule has 86 valence electrons. The van der Waals surface area contributed by atoms with Crippen molar-refractivity contribution in [3.8, 4) is 11.8 Å². The van der Waals surface area contributed by atoms with Gasteiger partial charge in [-0.05, 0) is 32.0 Å². The Hall–Kier alpha value is -1.50. The number of hydrogen-bond donors (Lipinski definition) is 0. The quantitative estimate of drug-likeness (QED) is 0.790. The molecular weight excluding hydrogens is 257 g/mol. The first-order valence-corrected chi connectivity index (χ1v) is 5.72. The molecule has 2 aromatic rings. The summed E-state index contributed by atoms with van der Waals surface area (Å²) < 4.78 is 1.66. The Morgan fingerprint density at radius 2 is 2.00 bits per heavy atom. The average Bonchev–Trinajstić information content (AvgIpc) is 2.57. The topological polar surface area (TPSA) is 41.6 Å². The Labute approximate surface area is 109 Å². The molecule has 0 unspecified atom stereocenters. The van der Waals surface area contributed by atoms with Crippen molar-refractivity contribution in [3.05, 3.63) is 45.2 Å². The third-order valence-corrected chi connectivity index (χ3v) is 3.29. The highest BCUT2D eigenvalue weighted by Crippen LogP contribution is 2.25. The number of halogens is 2. The molecule has 1 heterocycles. The molecule has 0 amide bonds. The largest absolute Gasteiger partial charge is 0.235 e. The molecule has 0 atom stereocenters.